The highest BCUT2D eigenvalue weighted by molar-refractivity contribution is 5.87. The largest absolute Gasteiger partial charge is 0.478 e. The molecule has 4 nitrogen and oxygen atoms in total. The summed E-state index contributed by atoms with van der Waals surface area (Å²) in [5.41, 5.74) is 1.21. The number of carboxylic acid groups (broad SMARTS) is 1. The normalized spacial score (nSPS) is 14.7. The zero-order chi connectivity index (χ0) is 12.4. The SMILES string of the molecule is CCCN(c1ncc(C(=O)O)cc1C)C1CC1. The van der Waals surface area contributed by atoms with Crippen LogP contribution in [-0.2, 0) is 0 Å². The molecule has 1 saturated carbocycles. The molecular weight excluding hydrogens is 216 g/mol. The molecule has 17 heavy (non-hydrogen) atoms. The smallest absolute Gasteiger partial charge is 0.337 e. The monoisotopic (exact) mass is 234 g/mol. The Morgan fingerprint density at radius 3 is 2.76 bits per heavy atom. The quantitative estimate of drug-likeness (QED) is 0.850. The van der Waals surface area contributed by atoms with Crippen molar-refractivity contribution in [2.24, 2.45) is 0 Å². The zero-order valence-electron chi connectivity index (χ0n) is 10.3. The molecule has 1 N–H and O–H groups in total. The second-order valence-electron chi connectivity index (χ2n) is 4.59. The van der Waals surface area contributed by atoms with Crippen molar-refractivity contribution >= 4 is 11.8 Å². The number of rotatable bonds is 5. The third-order valence-electron chi connectivity index (χ3n) is 3.02. The van der Waals surface area contributed by atoms with Crippen LogP contribution in [0.15, 0.2) is 12.3 Å². The third kappa shape index (κ3) is 2.57. The number of carboxylic acids is 1. The molecule has 1 fully saturated rings. The van der Waals surface area contributed by atoms with Gasteiger partial charge in [-0.2, -0.15) is 0 Å². The predicted octanol–water partition coefficient (Wildman–Crippen LogP) is 2.47. The lowest BCUT2D eigenvalue weighted by atomic mass is 10.2. The molecule has 4 heteroatoms. The van der Waals surface area contributed by atoms with E-state index in [4.69, 9.17) is 5.11 Å². The molecule has 0 aliphatic heterocycles. The van der Waals surface area contributed by atoms with Crippen LogP contribution in [0.3, 0.4) is 0 Å². The van der Waals surface area contributed by atoms with E-state index in [9.17, 15) is 4.79 Å². The summed E-state index contributed by atoms with van der Waals surface area (Å²) in [7, 11) is 0. The number of anilines is 1. The summed E-state index contributed by atoms with van der Waals surface area (Å²) in [5.74, 6) is 0.0277. The van der Waals surface area contributed by atoms with Crippen molar-refractivity contribution in [2.45, 2.75) is 39.2 Å². The molecule has 1 aromatic rings. The van der Waals surface area contributed by atoms with E-state index in [1.165, 1.54) is 19.0 Å². The van der Waals surface area contributed by atoms with Gasteiger partial charge in [0.1, 0.15) is 5.82 Å². The summed E-state index contributed by atoms with van der Waals surface area (Å²) in [6, 6.07) is 2.31. The van der Waals surface area contributed by atoms with Gasteiger partial charge in [-0.3, -0.25) is 0 Å². The maximum Gasteiger partial charge on any atom is 0.337 e. The summed E-state index contributed by atoms with van der Waals surface area (Å²) >= 11 is 0. The van der Waals surface area contributed by atoms with Crippen LogP contribution < -0.4 is 4.90 Å². The van der Waals surface area contributed by atoms with E-state index < -0.39 is 5.97 Å². The molecule has 1 aromatic heterocycles. The van der Waals surface area contributed by atoms with Crippen LogP contribution in [0.5, 0.6) is 0 Å². The van der Waals surface area contributed by atoms with Gasteiger partial charge in [0, 0.05) is 18.8 Å². The minimum absolute atomic E-state index is 0.262. The third-order valence-corrected chi connectivity index (χ3v) is 3.02. The zero-order valence-corrected chi connectivity index (χ0v) is 10.3. The van der Waals surface area contributed by atoms with E-state index in [2.05, 4.69) is 16.8 Å². The first-order valence-electron chi connectivity index (χ1n) is 6.10. The molecule has 0 bridgehead atoms. The number of hydrogen-bond donors (Lipinski definition) is 1. The van der Waals surface area contributed by atoms with Gasteiger partial charge in [0.25, 0.3) is 0 Å². The summed E-state index contributed by atoms with van der Waals surface area (Å²) in [6.45, 7) is 5.07. The fourth-order valence-corrected chi connectivity index (χ4v) is 2.07. The Morgan fingerprint density at radius 1 is 1.59 bits per heavy atom. The van der Waals surface area contributed by atoms with Gasteiger partial charge in [-0.05, 0) is 37.8 Å². The summed E-state index contributed by atoms with van der Waals surface area (Å²) < 4.78 is 0. The lowest BCUT2D eigenvalue weighted by molar-refractivity contribution is 0.0696. The molecule has 0 atom stereocenters. The molecule has 0 radical (unpaired) electrons. The van der Waals surface area contributed by atoms with Crippen LogP contribution in [0.1, 0.15) is 42.1 Å². The first-order chi connectivity index (χ1) is 8.13. The van der Waals surface area contributed by atoms with Crippen molar-refractivity contribution in [3.63, 3.8) is 0 Å². The second kappa shape index (κ2) is 4.73. The minimum atomic E-state index is -0.916. The van der Waals surface area contributed by atoms with Gasteiger partial charge in [0.15, 0.2) is 0 Å². The van der Waals surface area contributed by atoms with Gasteiger partial charge in [0.2, 0.25) is 0 Å². The molecular formula is C13H18N2O2. The minimum Gasteiger partial charge on any atom is -0.478 e. The molecule has 1 heterocycles. The highest BCUT2D eigenvalue weighted by Gasteiger charge is 2.30. The lowest BCUT2D eigenvalue weighted by Gasteiger charge is -2.24. The van der Waals surface area contributed by atoms with E-state index in [0.29, 0.717) is 6.04 Å². The molecule has 0 aromatic carbocycles. The fraction of sp³-hybridized carbons (Fsp3) is 0.538. The Morgan fingerprint density at radius 2 is 2.29 bits per heavy atom. The van der Waals surface area contributed by atoms with Gasteiger partial charge >= 0.3 is 5.97 Å². The number of nitrogens with zero attached hydrogens (tertiary/aromatic N) is 2. The Hall–Kier alpha value is -1.58. The molecule has 1 aliphatic carbocycles. The number of aromatic nitrogens is 1. The molecule has 92 valence electrons. The maximum absolute atomic E-state index is 10.9. The Balaban J connectivity index is 2.27. The summed E-state index contributed by atoms with van der Waals surface area (Å²) in [6.07, 6.45) is 4.98. The van der Waals surface area contributed by atoms with E-state index in [1.54, 1.807) is 6.07 Å². The molecule has 0 amide bonds. The van der Waals surface area contributed by atoms with Crippen molar-refractivity contribution in [1.29, 1.82) is 0 Å². The van der Waals surface area contributed by atoms with Crippen molar-refractivity contribution in [3.05, 3.63) is 23.4 Å². The maximum atomic E-state index is 10.9. The van der Waals surface area contributed by atoms with Gasteiger partial charge < -0.3 is 10.0 Å². The number of carbonyl (C=O) groups is 1. The standard InChI is InChI=1S/C13H18N2O2/c1-3-6-15(11-4-5-11)12-9(2)7-10(8-14-12)13(16)17/h7-8,11H,3-6H2,1-2H3,(H,16,17). The summed E-state index contributed by atoms with van der Waals surface area (Å²) in [4.78, 5) is 17.5. The van der Waals surface area contributed by atoms with Crippen LogP contribution >= 0.6 is 0 Å². The number of aromatic carboxylic acids is 1. The predicted molar refractivity (Wildman–Crippen MR) is 66.6 cm³/mol. The van der Waals surface area contributed by atoms with E-state index in [-0.39, 0.29) is 5.56 Å². The van der Waals surface area contributed by atoms with Crippen molar-refractivity contribution in [1.82, 2.24) is 4.98 Å². The number of hydrogen-bond acceptors (Lipinski definition) is 3. The Kier molecular flexibility index (Phi) is 3.31. The van der Waals surface area contributed by atoms with Crippen LogP contribution in [0.2, 0.25) is 0 Å². The molecule has 0 unspecified atom stereocenters. The number of aryl methyl sites for hydroxylation is 1. The van der Waals surface area contributed by atoms with E-state index >= 15 is 0 Å². The molecule has 1 aliphatic rings. The Labute approximate surface area is 101 Å². The van der Waals surface area contributed by atoms with Crippen molar-refractivity contribution < 1.29 is 9.90 Å². The van der Waals surface area contributed by atoms with Gasteiger partial charge in [-0.15, -0.1) is 0 Å². The average molecular weight is 234 g/mol. The molecule has 0 spiro atoms. The van der Waals surface area contributed by atoms with Crippen LogP contribution in [0.4, 0.5) is 5.82 Å². The van der Waals surface area contributed by atoms with Crippen LogP contribution in [-0.4, -0.2) is 28.6 Å². The van der Waals surface area contributed by atoms with Gasteiger partial charge in [-0.25, -0.2) is 9.78 Å². The highest BCUT2D eigenvalue weighted by atomic mass is 16.4. The first kappa shape index (κ1) is 11.9. The van der Waals surface area contributed by atoms with Crippen molar-refractivity contribution in [3.8, 4) is 0 Å². The first-order valence-corrected chi connectivity index (χ1v) is 6.10. The van der Waals surface area contributed by atoms with Crippen LogP contribution in [0, 0.1) is 6.92 Å². The topological polar surface area (TPSA) is 53.4 Å². The lowest BCUT2D eigenvalue weighted by Crippen LogP contribution is -2.28. The number of pyridine rings is 1. The second-order valence-corrected chi connectivity index (χ2v) is 4.59. The molecule has 0 saturated heterocycles. The average Bonchev–Trinajstić information content (AvgIpc) is 3.10. The molecule has 2 rings (SSSR count). The van der Waals surface area contributed by atoms with E-state index in [1.807, 2.05) is 6.92 Å². The van der Waals surface area contributed by atoms with Crippen LogP contribution in [0.25, 0.3) is 0 Å². The van der Waals surface area contributed by atoms with Gasteiger partial charge in [-0.1, -0.05) is 6.92 Å². The van der Waals surface area contributed by atoms with E-state index in [0.717, 1.165) is 24.3 Å². The Bertz CT molecular complexity index is 427. The van der Waals surface area contributed by atoms with Gasteiger partial charge in [0.05, 0.1) is 5.56 Å². The highest BCUT2D eigenvalue weighted by Crippen LogP contribution is 2.32. The summed E-state index contributed by atoms with van der Waals surface area (Å²) in [5, 5.41) is 8.91. The van der Waals surface area contributed by atoms with Crippen molar-refractivity contribution in [2.75, 3.05) is 11.4 Å². The fourth-order valence-electron chi connectivity index (χ4n) is 2.07.